The number of rotatable bonds is 4. The molecule has 1 N–H and O–H groups in total. The monoisotopic (exact) mass is 337 g/mol. The number of hydrogen-bond donors (Lipinski definition) is 1. The second kappa shape index (κ2) is 6.75. The Balaban J connectivity index is 1.38. The van der Waals surface area contributed by atoms with Crippen molar-refractivity contribution in [3.63, 3.8) is 0 Å². The van der Waals surface area contributed by atoms with Gasteiger partial charge in [0.15, 0.2) is 0 Å². The molecule has 24 heavy (non-hydrogen) atoms. The molecule has 3 nitrogen and oxygen atoms in total. The summed E-state index contributed by atoms with van der Waals surface area (Å²) in [5.74, 6) is 0.0365. The number of carbonyl (C=O) groups excluding carboxylic acids is 1. The Labute approximate surface area is 145 Å². The highest BCUT2D eigenvalue weighted by Crippen LogP contribution is 2.33. The van der Waals surface area contributed by atoms with Crippen molar-refractivity contribution < 1.29 is 9.53 Å². The Hall–Kier alpha value is -2.17. The minimum absolute atomic E-state index is 0.0365. The lowest BCUT2D eigenvalue weighted by molar-refractivity contribution is -0.124. The second-order valence-corrected chi connectivity index (χ2v) is 7.03. The minimum Gasteiger partial charge on any atom is -0.372 e. The van der Waals surface area contributed by atoms with Crippen LogP contribution in [0.1, 0.15) is 28.5 Å². The predicted molar refractivity (Wildman–Crippen MR) is 97.1 cm³/mol. The van der Waals surface area contributed by atoms with E-state index in [1.165, 1.54) is 21.2 Å². The van der Waals surface area contributed by atoms with Gasteiger partial charge in [0.25, 0.3) is 0 Å². The molecule has 3 aromatic rings. The maximum Gasteiger partial charge on any atom is 0.223 e. The van der Waals surface area contributed by atoms with Crippen LogP contribution in [0.2, 0.25) is 0 Å². The van der Waals surface area contributed by atoms with Crippen molar-refractivity contribution in [3.05, 3.63) is 69.9 Å². The summed E-state index contributed by atoms with van der Waals surface area (Å²) < 4.78 is 5.79. The average molecular weight is 337 g/mol. The number of fused-ring (bicyclic) bond motifs is 2. The molecule has 1 amide bonds. The van der Waals surface area contributed by atoms with Gasteiger partial charge in [-0.05, 0) is 45.8 Å². The topological polar surface area (TPSA) is 38.3 Å². The van der Waals surface area contributed by atoms with Crippen molar-refractivity contribution in [1.82, 2.24) is 5.32 Å². The first-order chi connectivity index (χ1) is 11.8. The fourth-order valence-electron chi connectivity index (χ4n) is 3.16. The first kappa shape index (κ1) is 15.4. The molecule has 2 heterocycles. The van der Waals surface area contributed by atoms with Crippen LogP contribution in [0, 0.1) is 0 Å². The molecule has 0 saturated heterocycles. The summed E-state index contributed by atoms with van der Waals surface area (Å²) in [6.45, 7) is 1.25. The van der Waals surface area contributed by atoms with Gasteiger partial charge in [0.1, 0.15) is 6.10 Å². The zero-order valence-electron chi connectivity index (χ0n) is 13.3. The van der Waals surface area contributed by atoms with E-state index in [0.29, 0.717) is 19.6 Å². The number of carbonyl (C=O) groups is 1. The molecule has 2 aromatic carbocycles. The van der Waals surface area contributed by atoms with Gasteiger partial charge < -0.3 is 10.1 Å². The van der Waals surface area contributed by atoms with Crippen molar-refractivity contribution in [2.45, 2.75) is 25.5 Å². The maximum absolute atomic E-state index is 12.3. The van der Waals surface area contributed by atoms with Gasteiger partial charge in [0, 0.05) is 11.4 Å². The van der Waals surface area contributed by atoms with Crippen molar-refractivity contribution in [2.24, 2.45) is 0 Å². The zero-order valence-corrected chi connectivity index (χ0v) is 14.1. The molecule has 4 rings (SSSR count). The third-order valence-electron chi connectivity index (χ3n) is 4.44. The molecule has 4 heteroatoms. The highest BCUT2D eigenvalue weighted by molar-refractivity contribution is 7.10. The summed E-state index contributed by atoms with van der Waals surface area (Å²) >= 11 is 1.69. The average Bonchev–Trinajstić information content (AvgIpc) is 3.10. The number of nitrogens with one attached hydrogen (secondary N) is 1. The molecular formula is C20H19NO2S. The molecule has 0 aliphatic carbocycles. The quantitative estimate of drug-likeness (QED) is 0.774. The Morgan fingerprint density at radius 1 is 1.17 bits per heavy atom. The van der Waals surface area contributed by atoms with E-state index in [4.69, 9.17) is 4.74 Å². The Bertz CT molecular complexity index is 871. The number of thiophene rings is 1. The standard InChI is InChI=1S/C20H19NO2S/c22-19(12-18-20-16(7-9-23-18)8-10-24-20)21-13-14-5-6-15-3-1-2-4-17(15)11-14/h1-6,8,10-11,18H,7,9,12-13H2,(H,21,22)/t18-/m1/s1. The minimum atomic E-state index is -0.0923. The molecular weight excluding hydrogens is 318 g/mol. The van der Waals surface area contributed by atoms with Crippen molar-refractivity contribution >= 4 is 28.0 Å². The van der Waals surface area contributed by atoms with Crippen LogP contribution in [0.15, 0.2) is 53.9 Å². The number of amides is 1. The Kier molecular flexibility index (Phi) is 4.32. The lowest BCUT2D eigenvalue weighted by atomic mass is 10.0. The van der Waals surface area contributed by atoms with E-state index < -0.39 is 0 Å². The van der Waals surface area contributed by atoms with E-state index in [1.54, 1.807) is 11.3 Å². The fraction of sp³-hybridized carbons (Fsp3) is 0.250. The van der Waals surface area contributed by atoms with E-state index in [2.05, 4.69) is 47.1 Å². The summed E-state index contributed by atoms with van der Waals surface area (Å²) in [6.07, 6.45) is 1.25. The molecule has 0 saturated carbocycles. The molecule has 0 bridgehead atoms. The summed E-state index contributed by atoms with van der Waals surface area (Å²) in [6, 6.07) is 16.7. The van der Waals surface area contributed by atoms with Crippen LogP contribution in [-0.4, -0.2) is 12.5 Å². The first-order valence-electron chi connectivity index (χ1n) is 8.22. The van der Waals surface area contributed by atoms with Gasteiger partial charge in [0.2, 0.25) is 5.91 Å². The van der Waals surface area contributed by atoms with Gasteiger partial charge in [-0.15, -0.1) is 11.3 Å². The normalized spacial score (nSPS) is 16.8. The number of ether oxygens (including phenoxy) is 1. The third kappa shape index (κ3) is 3.21. The number of benzene rings is 2. The molecule has 1 atom stereocenters. The molecule has 0 radical (unpaired) electrons. The largest absolute Gasteiger partial charge is 0.372 e. The third-order valence-corrected chi connectivity index (χ3v) is 5.49. The van der Waals surface area contributed by atoms with Gasteiger partial charge >= 0.3 is 0 Å². The molecule has 1 aliphatic rings. The maximum atomic E-state index is 12.3. The van der Waals surface area contributed by atoms with Crippen molar-refractivity contribution in [1.29, 1.82) is 0 Å². The highest BCUT2D eigenvalue weighted by Gasteiger charge is 2.24. The van der Waals surface area contributed by atoms with Crippen LogP contribution < -0.4 is 5.32 Å². The first-order valence-corrected chi connectivity index (χ1v) is 9.10. The molecule has 0 spiro atoms. The zero-order chi connectivity index (χ0) is 16.4. The predicted octanol–water partition coefficient (Wildman–Crippen LogP) is 4.22. The van der Waals surface area contributed by atoms with Gasteiger partial charge in [-0.2, -0.15) is 0 Å². The van der Waals surface area contributed by atoms with Gasteiger partial charge in [-0.1, -0.05) is 36.4 Å². The van der Waals surface area contributed by atoms with Crippen LogP contribution in [0.4, 0.5) is 0 Å². The van der Waals surface area contributed by atoms with Crippen molar-refractivity contribution in [3.8, 4) is 0 Å². The summed E-state index contributed by atoms with van der Waals surface area (Å²) in [5.41, 5.74) is 2.45. The molecule has 1 aliphatic heterocycles. The van der Waals surface area contributed by atoms with Crippen LogP contribution in [0.3, 0.4) is 0 Å². The Morgan fingerprint density at radius 3 is 2.96 bits per heavy atom. The van der Waals surface area contributed by atoms with E-state index in [1.807, 2.05) is 12.1 Å². The molecule has 0 fully saturated rings. The lowest BCUT2D eigenvalue weighted by Crippen LogP contribution is -2.26. The van der Waals surface area contributed by atoms with Crippen LogP contribution in [0.5, 0.6) is 0 Å². The second-order valence-electron chi connectivity index (χ2n) is 6.08. The van der Waals surface area contributed by atoms with Crippen LogP contribution in [-0.2, 0) is 22.5 Å². The van der Waals surface area contributed by atoms with Crippen LogP contribution >= 0.6 is 11.3 Å². The Morgan fingerprint density at radius 2 is 2.04 bits per heavy atom. The highest BCUT2D eigenvalue weighted by atomic mass is 32.1. The molecule has 122 valence electrons. The van der Waals surface area contributed by atoms with Crippen molar-refractivity contribution in [2.75, 3.05) is 6.61 Å². The van der Waals surface area contributed by atoms with Gasteiger partial charge in [-0.25, -0.2) is 0 Å². The van der Waals surface area contributed by atoms with E-state index in [0.717, 1.165) is 12.0 Å². The molecule has 1 aromatic heterocycles. The lowest BCUT2D eigenvalue weighted by Gasteiger charge is -2.22. The summed E-state index contributed by atoms with van der Waals surface area (Å²) in [7, 11) is 0. The van der Waals surface area contributed by atoms with E-state index >= 15 is 0 Å². The van der Waals surface area contributed by atoms with Gasteiger partial charge in [-0.3, -0.25) is 4.79 Å². The van der Waals surface area contributed by atoms with E-state index in [-0.39, 0.29) is 12.0 Å². The van der Waals surface area contributed by atoms with E-state index in [9.17, 15) is 4.79 Å². The smallest absolute Gasteiger partial charge is 0.223 e. The van der Waals surface area contributed by atoms with Gasteiger partial charge in [0.05, 0.1) is 13.0 Å². The number of hydrogen-bond acceptors (Lipinski definition) is 3. The SMILES string of the molecule is O=C(C[C@H]1OCCc2ccsc21)NCc1ccc2ccccc2c1. The molecule has 0 unspecified atom stereocenters. The summed E-state index contributed by atoms with van der Waals surface area (Å²) in [4.78, 5) is 13.5. The van der Waals surface area contributed by atoms with Crippen LogP contribution in [0.25, 0.3) is 10.8 Å². The fourth-order valence-corrected chi connectivity index (χ4v) is 4.17. The summed E-state index contributed by atoms with van der Waals surface area (Å²) in [5, 5.41) is 7.52.